The van der Waals surface area contributed by atoms with Crippen LogP contribution in [0.4, 0.5) is 0 Å². The van der Waals surface area contributed by atoms with Crippen LogP contribution in [-0.4, -0.2) is 22.6 Å². The fourth-order valence-corrected chi connectivity index (χ4v) is 0.825. The van der Waals surface area contributed by atoms with Crippen molar-refractivity contribution in [3.05, 3.63) is 36.0 Å². The predicted octanol–water partition coefficient (Wildman–Crippen LogP) is 0.262. The maximum absolute atomic E-state index is 11.0. The fraction of sp³-hybridized carbons (Fsp3) is 0. The van der Waals surface area contributed by atoms with Crippen LogP contribution in [0, 0.1) is 0 Å². The number of carboxylic acid groups (broad SMARTS) is 1. The summed E-state index contributed by atoms with van der Waals surface area (Å²) in [5.74, 6) is -2.47. The van der Waals surface area contributed by atoms with E-state index in [2.05, 4.69) is 0 Å². The van der Waals surface area contributed by atoms with Crippen LogP contribution in [0.1, 0.15) is 0 Å². The fourth-order valence-electron chi connectivity index (χ4n) is 0.825. The van der Waals surface area contributed by atoms with Gasteiger partial charge in [-0.15, -0.1) is 0 Å². The Balaban J connectivity index is 2.87. The van der Waals surface area contributed by atoms with E-state index in [0.717, 1.165) is 18.2 Å². The standard InChI is InChI=1S/C9H6O4/c10-7-3-1-2-6(9(7)13)4-5-8(11)12/h1-5H,(H,11,12). The number of ketones is 2. The Morgan fingerprint density at radius 1 is 1.38 bits per heavy atom. The maximum Gasteiger partial charge on any atom is 0.328 e. The van der Waals surface area contributed by atoms with Crippen LogP contribution >= 0.6 is 0 Å². The first-order chi connectivity index (χ1) is 6.11. The monoisotopic (exact) mass is 178 g/mol. The Labute approximate surface area is 73.9 Å². The van der Waals surface area contributed by atoms with Gasteiger partial charge in [-0.3, -0.25) is 9.59 Å². The van der Waals surface area contributed by atoms with Crippen LogP contribution in [0.15, 0.2) is 36.0 Å². The average molecular weight is 178 g/mol. The molecule has 0 radical (unpaired) electrons. The maximum atomic E-state index is 11.0. The summed E-state index contributed by atoms with van der Waals surface area (Å²) in [4.78, 5) is 31.9. The van der Waals surface area contributed by atoms with E-state index in [4.69, 9.17) is 5.11 Å². The zero-order valence-electron chi connectivity index (χ0n) is 6.56. The number of carboxylic acids is 1. The molecule has 0 aromatic heterocycles. The van der Waals surface area contributed by atoms with Gasteiger partial charge in [0.15, 0.2) is 0 Å². The van der Waals surface area contributed by atoms with Gasteiger partial charge in [0.2, 0.25) is 11.6 Å². The Bertz CT molecular complexity index is 358. The second kappa shape index (κ2) is 3.62. The zero-order valence-corrected chi connectivity index (χ0v) is 6.56. The molecule has 13 heavy (non-hydrogen) atoms. The molecule has 1 aliphatic carbocycles. The summed E-state index contributed by atoms with van der Waals surface area (Å²) in [6.07, 6.45) is 5.86. The van der Waals surface area contributed by atoms with E-state index in [-0.39, 0.29) is 5.57 Å². The molecule has 1 rings (SSSR count). The third-order valence-electron chi connectivity index (χ3n) is 1.41. The van der Waals surface area contributed by atoms with E-state index >= 15 is 0 Å². The highest BCUT2D eigenvalue weighted by Gasteiger charge is 2.16. The van der Waals surface area contributed by atoms with E-state index in [9.17, 15) is 14.4 Å². The second-order valence-corrected chi connectivity index (χ2v) is 2.35. The first-order valence-corrected chi connectivity index (χ1v) is 3.49. The lowest BCUT2D eigenvalue weighted by atomic mass is 10.0. The summed E-state index contributed by atoms with van der Waals surface area (Å²) in [6.45, 7) is 0. The molecule has 0 aliphatic heterocycles. The van der Waals surface area contributed by atoms with Gasteiger partial charge in [0.25, 0.3) is 0 Å². The second-order valence-electron chi connectivity index (χ2n) is 2.35. The van der Waals surface area contributed by atoms with Crippen molar-refractivity contribution in [3.63, 3.8) is 0 Å². The quantitative estimate of drug-likeness (QED) is 0.374. The first-order valence-electron chi connectivity index (χ1n) is 3.49. The van der Waals surface area contributed by atoms with Crippen molar-refractivity contribution < 1.29 is 19.5 Å². The molecule has 0 saturated carbocycles. The Morgan fingerprint density at radius 3 is 2.69 bits per heavy atom. The van der Waals surface area contributed by atoms with E-state index in [0.29, 0.717) is 0 Å². The minimum absolute atomic E-state index is 0.0925. The molecule has 4 heteroatoms. The number of Topliss-reactive ketones (excluding diaryl/α,β-unsaturated/α-hetero) is 1. The normalized spacial score (nSPS) is 16.5. The summed E-state index contributed by atoms with van der Waals surface area (Å²) >= 11 is 0. The summed E-state index contributed by atoms with van der Waals surface area (Å²) in [5, 5.41) is 8.27. The molecular weight excluding hydrogens is 172 g/mol. The highest BCUT2D eigenvalue weighted by molar-refractivity contribution is 6.48. The number of allylic oxidation sites excluding steroid dienone is 5. The number of carbonyl (C=O) groups excluding carboxylic acids is 2. The van der Waals surface area contributed by atoms with Gasteiger partial charge >= 0.3 is 5.97 Å². The number of rotatable bonds is 2. The topological polar surface area (TPSA) is 71.4 Å². The molecule has 0 aromatic carbocycles. The molecule has 0 bridgehead atoms. The molecule has 0 unspecified atom stereocenters. The van der Waals surface area contributed by atoms with Crippen molar-refractivity contribution in [1.82, 2.24) is 0 Å². The molecule has 0 saturated heterocycles. The number of hydrogen-bond donors (Lipinski definition) is 1. The van der Waals surface area contributed by atoms with Crippen LogP contribution in [0.2, 0.25) is 0 Å². The third kappa shape index (κ3) is 2.23. The van der Waals surface area contributed by atoms with Crippen molar-refractivity contribution in [2.24, 2.45) is 0 Å². The molecule has 0 atom stereocenters. The number of hydrogen-bond acceptors (Lipinski definition) is 3. The van der Waals surface area contributed by atoms with Gasteiger partial charge in [-0.1, -0.05) is 12.2 Å². The SMILES string of the molecule is O=C(O)C=CC1=CC=CC(=O)C1=O. The number of aliphatic carboxylic acids is 1. The Morgan fingerprint density at radius 2 is 2.08 bits per heavy atom. The highest BCUT2D eigenvalue weighted by atomic mass is 16.4. The molecule has 1 aliphatic rings. The zero-order chi connectivity index (χ0) is 9.84. The Kier molecular flexibility index (Phi) is 2.54. The molecule has 1 N–H and O–H groups in total. The summed E-state index contributed by atoms with van der Waals surface area (Å²) < 4.78 is 0. The number of carbonyl (C=O) groups is 3. The molecule has 0 amide bonds. The lowest BCUT2D eigenvalue weighted by Crippen LogP contribution is -2.15. The van der Waals surface area contributed by atoms with Crippen LogP contribution in [0.3, 0.4) is 0 Å². The van der Waals surface area contributed by atoms with Crippen molar-refractivity contribution in [3.8, 4) is 0 Å². The van der Waals surface area contributed by atoms with E-state index < -0.39 is 17.5 Å². The van der Waals surface area contributed by atoms with Crippen LogP contribution in [0.25, 0.3) is 0 Å². The third-order valence-corrected chi connectivity index (χ3v) is 1.41. The Hall–Kier alpha value is -1.97. The first kappa shape index (κ1) is 9.12. The molecule has 66 valence electrons. The highest BCUT2D eigenvalue weighted by Crippen LogP contribution is 2.06. The average Bonchev–Trinajstić information content (AvgIpc) is 2.07. The molecular formula is C9H6O4. The lowest BCUT2D eigenvalue weighted by molar-refractivity contribution is -0.131. The molecule has 0 aromatic rings. The minimum atomic E-state index is -1.16. The van der Waals surface area contributed by atoms with Crippen molar-refractivity contribution in [2.75, 3.05) is 0 Å². The van der Waals surface area contributed by atoms with E-state index in [1.165, 1.54) is 12.2 Å². The summed E-state index contributed by atoms with van der Waals surface area (Å²) in [7, 11) is 0. The van der Waals surface area contributed by atoms with Crippen molar-refractivity contribution in [2.45, 2.75) is 0 Å². The van der Waals surface area contributed by atoms with Crippen LogP contribution < -0.4 is 0 Å². The smallest absolute Gasteiger partial charge is 0.328 e. The molecule has 0 fully saturated rings. The van der Waals surface area contributed by atoms with E-state index in [1.54, 1.807) is 0 Å². The van der Waals surface area contributed by atoms with Gasteiger partial charge < -0.3 is 5.11 Å². The largest absolute Gasteiger partial charge is 0.478 e. The minimum Gasteiger partial charge on any atom is -0.478 e. The van der Waals surface area contributed by atoms with Gasteiger partial charge in [-0.05, 0) is 12.2 Å². The summed E-state index contributed by atoms with van der Waals surface area (Å²) in [6, 6.07) is 0. The molecule has 0 spiro atoms. The van der Waals surface area contributed by atoms with Crippen molar-refractivity contribution >= 4 is 17.5 Å². The van der Waals surface area contributed by atoms with Gasteiger partial charge in [0.05, 0.1) is 0 Å². The lowest BCUT2D eigenvalue weighted by Gasteiger charge is -1.99. The van der Waals surface area contributed by atoms with Gasteiger partial charge in [0, 0.05) is 11.6 Å². The molecule has 0 heterocycles. The molecule has 4 nitrogen and oxygen atoms in total. The van der Waals surface area contributed by atoms with Crippen molar-refractivity contribution in [1.29, 1.82) is 0 Å². The summed E-state index contributed by atoms with van der Waals surface area (Å²) in [5.41, 5.74) is 0.0925. The van der Waals surface area contributed by atoms with Crippen LogP contribution in [0.5, 0.6) is 0 Å². The van der Waals surface area contributed by atoms with Crippen LogP contribution in [-0.2, 0) is 14.4 Å². The van der Waals surface area contributed by atoms with Gasteiger partial charge in [0.1, 0.15) is 0 Å². The van der Waals surface area contributed by atoms with E-state index in [1.807, 2.05) is 0 Å². The van der Waals surface area contributed by atoms with Gasteiger partial charge in [-0.25, -0.2) is 4.79 Å². The predicted molar refractivity (Wildman–Crippen MR) is 44.0 cm³/mol. The van der Waals surface area contributed by atoms with Gasteiger partial charge in [-0.2, -0.15) is 0 Å².